The molecule has 2 N–H and O–H groups in total. The topological polar surface area (TPSA) is 49.6 Å². The highest BCUT2D eigenvalue weighted by Gasteiger charge is 2.28. The maximum Gasteiger partial charge on any atom is 0.229 e. The molecule has 0 bridgehead atoms. The van der Waals surface area contributed by atoms with Gasteiger partial charge in [0.05, 0.1) is 5.41 Å². The molecule has 0 unspecified atom stereocenters. The second-order valence-electron chi connectivity index (χ2n) is 5.81. The van der Waals surface area contributed by atoms with Gasteiger partial charge in [-0.25, -0.2) is 0 Å². The fourth-order valence-corrected chi connectivity index (χ4v) is 1.85. The zero-order valence-electron chi connectivity index (χ0n) is 12.6. The summed E-state index contributed by atoms with van der Waals surface area (Å²) in [5, 5.41) is 0. The van der Waals surface area contributed by atoms with Gasteiger partial charge < -0.3 is 15.5 Å². The highest BCUT2D eigenvalue weighted by atomic mass is 16.2. The van der Waals surface area contributed by atoms with Crippen molar-refractivity contribution in [2.75, 3.05) is 32.6 Å². The van der Waals surface area contributed by atoms with Gasteiger partial charge in [0.2, 0.25) is 5.91 Å². The van der Waals surface area contributed by atoms with E-state index in [0.29, 0.717) is 13.1 Å². The minimum atomic E-state index is -0.502. The number of anilines is 1. The highest BCUT2D eigenvalue weighted by Crippen LogP contribution is 2.19. The first kappa shape index (κ1) is 15.5. The Morgan fingerprint density at radius 1 is 1.16 bits per heavy atom. The van der Waals surface area contributed by atoms with Crippen molar-refractivity contribution >= 4 is 11.6 Å². The maximum absolute atomic E-state index is 12.2. The van der Waals surface area contributed by atoms with E-state index in [1.807, 2.05) is 35.0 Å². The first-order valence-electron chi connectivity index (χ1n) is 6.50. The number of carbonyl (C=O) groups is 1. The van der Waals surface area contributed by atoms with Crippen LogP contribution in [0.1, 0.15) is 19.4 Å². The minimum Gasteiger partial charge on any atom is -0.378 e. The van der Waals surface area contributed by atoms with Crippen LogP contribution in [0.2, 0.25) is 0 Å². The Hall–Kier alpha value is -1.55. The van der Waals surface area contributed by atoms with Gasteiger partial charge in [0.25, 0.3) is 0 Å². The van der Waals surface area contributed by atoms with Crippen LogP contribution < -0.4 is 10.6 Å². The Morgan fingerprint density at radius 2 is 1.68 bits per heavy atom. The van der Waals surface area contributed by atoms with Gasteiger partial charge in [0.1, 0.15) is 0 Å². The van der Waals surface area contributed by atoms with Crippen LogP contribution in [0.25, 0.3) is 0 Å². The third-order valence-electron chi connectivity index (χ3n) is 3.31. The van der Waals surface area contributed by atoms with Gasteiger partial charge in [0, 0.05) is 39.9 Å². The summed E-state index contributed by atoms with van der Waals surface area (Å²) in [7, 11) is 5.84. The zero-order chi connectivity index (χ0) is 14.6. The van der Waals surface area contributed by atoms with E-state index in [4.69, 9.17) is 5.73 Å². The summed E-state index contributed by atoms with van der Waals surface area (Å²) in [6, 6.07) is 8.21. The Morgan fingerprint density at radius 3 is 2.11 bits per heavy atom. The molecule has 0 aliphatic carbocycles. The SMILES string of the molecule is CN(Cc1ccc(N(C)C)cc1)C(=O)C(C)(C)CN. The second kappa shape index (κ2) is 6.06. The summed E-state index contributed by atoms with van der Waals surface area (Å²) in [6.45, 7) is 4.72. The molecule has 1 aromatic carbocycles. The lowest BCUT2D eigenvalue weighted by Crippen LogP contribution is -2.42. The van der Waals surface area contributed by atoms with Crippen LogP contribution in [0.15, 0.2) is 24.3 Å². The number of carbonyl (C=O) groups excluding carboxylic acids is 1. The number of amides is 1. The molecule has 19 heavy (non-hydrogen) atoms. The van der Waals surface area contributed by atoms with E-state index in [1.54, 1.807) is 4.90 Å². The first-order valence-corrected chi connectivity index (χ1v) is 6.50. The third kappa shape index (κ3) is 3.96. The Labute approximate surface area is 116 Å². The molecule has 0 heterocycles. The van der Waals surface area contributed by atoms with Crippen molar-refractivity contribution in [1.29, 1.82) is 0 Å². The molecule has 1 amide bonds. The second-order valence-corrected chi connectivity index (χ2v) is 5.81. The lowest BCUT2D eigenvalue weighted by molar-refractivity contribution is -0.139. The summed E-state index contributed by atoms with van der Waals surface area (Å²) in [5.74, 6) is 0.0756. The molecule has 0 aliphatic heterocycles. The van der Waals surface area contributed by atoms with Crippen LogP contribution in [-0.2, 0) is 11.3 Å². The van der Waals surface area contributed by atoms with Crippen LogP contribution in [0.4, 0.5) is 5.69 Å². The van der Waals surface area contributed by atoms with Crippen molar-refractivity contribution in [2.24, 2.45) is 11.1 Å². The standard InChI is InChI=1S/C15H25N3O/c1-15(2,11-16)14(19)18(5)10-12-6-8-13(9-7-12)17(3)4/h6-9H,10-11,16H2,1-5H3. The molecule has 0 radical (unpaired) electrons. The predicted molar refractivity (Wildman–Crippen MR) is 80.1 cm³/mol. The van der Waals surface area contributed by atoms with Crippen LogP contribution in [0.5, 0.6) is 0 Å². The van der Waals surface area contributed by atoms with Crippen molar-refractivity contribution < 1.29 is 4.79 Å². The Bertz CT molecular complexity index is 424. The Balaban J connectivity index is 2.72. The van der Waals surface area contributed by atoms with Gasteiger partial charge in [0.15, 0.2) is 0 Å². The summed E-state index contributed by atoms with van der Waals surface area (Å²) < 4.78 is 0. The molecule has 0 atom stereocenters. The smallest absolute Gasteiger partial charge is 0.229 e. The van der Waals surface area contributed by atoms with Crippen LogP contribution in [-0.4, -0.2) is 38.5 Å². The summed E-state index contributed by atoms with van der Waals surface area (Å²) in [6.07, 6.45) is 0. The normalized spacial score (nSPS) is 11.3. The van der Waals surface area contributed by atoms with Gasteiger partial charge >= 0.3 is 0 Å². The molecule has 4 heteroatoms. The van der Waals surface area contributed by atoms with Gasteiger partial charge in [-0.1, -0.05) is 12.1 Å². The molecule has 0 fully saturated rings. The zero-order valence-corrected chi connectivity index (χ0v) is 12.6. The van der Waals surface area contributed by atoms with E-state index in [0.717, 1.165) is 11.3 Å². The number of nitrogens with zero attached hydrogens (tertiary/aromatic N) is 2. The highest BCUT2D eigenvalue weighted by molar-refractivity contribution is 5.82. The number of hydrogen-bond donors (Lipinski definition) is 1. The molecule has 106 valence electrons. The largest absolute Gasteiger partial charge is 0.378 e. The van der Waals surface area contributed by atoms with Crippen LogP contribution in [0, 0.1) is 5.41 Å². The van der Waals surface area contributed by atoms with Crippen molar-refractivity contribution in [1.82, 2.24) is 4.90 Å². The fourth-order valence-electron chi connectivity index (χ4n) is 1.85. The van der Waals surface area contributed by atoms with Gasteiger partial charge in [-0.3, -0.25) is 4.79 Å². The maximum atomic E-state index is 12.2. The third-order valence-corrected chi connectivity index (χ3v) is 3.31. The van der Waals surface area contributed by atoms with E-state index in [2.05, 4.69) is 29.2 Å². The molecule has 4 nitrogen and oxygen atoms in total. The van der Waals surface area contributed by atoms with Crippen LogP contribution >= 0.6 is 0 Å². The van der Waals surface area contributed by atoms with Crippen molar-refractivity contribution in [2.45, 2.75) is 20.4 Å². The molecular weight excluding hydrogens is 238 g/mol. The molecule has 0 aliphatic rings. The summed E-state index contributed by atoms with van der Waals surface area (Å²) >= 11 is 0. The quantitative estimate of drug-likeness (QED) is 0.879. The summed E-state index contributed by atoms with van der Waals surface area (Å²) in [5.41, 5.74) is 7.41. The van der Waals surface area contributed by atoms with Crippen molar-refractivity contribution in [3.8, 4) is 0 Å². The number of benzene rings is 1. The van der Waals surface area contributed by atoms with Crippen molar-refractivity contribution in [3.63, 3.8) is 0 Å². The lowest BCUT2D eigenvalue weighted by Gasteiger charge is -2.28. The lowest BCUT2D eigenvalue weighted by atomic mass is 9.92. The minimum absolute atomic E-state index is 0.0756. The number of hydrogen-bond acceptors (Lipinski definition) is 3. The Kier molecular flexibility index (Phi) is 4.95. The van der Waals surface area contributed by atoms with E-state index in [-0.39, 0.29) is 5.91 Å². The molecule has 0 spiro atoms. The van der Waals surface area contributed by atoms with Gasteiger partial charge in [-0.15, -0.1) is 0 Å². The fraction of sp³-hybridized carbons (Fsp3) is 0.533. The van der Waals surface area contributed by atoms with E-state index in [1.165, 1.54) is 0 Å². The molecule has 0 aromatic heterocycles. The molecule has 0 saturated heterocycles. The van der Waals surface area contributed by atoms with Crippen LogP contribution in [0.3, 0.4) is 0 Å². The molecule has 1 aromatic rings. The average Bonchev–Trinajstić information content (AvgIpc) is 2.38. The first-order chi connectivity index (χ1) is 8.77. The molecule has 0 saturated carbocycles. The molecular formula is C15H25N3O. The van der Waals surface area contributed by atoms with Gasteiger partial charge in [-0.2, -0.15) is 0 Å². The molecule has 1 rings (SSSR count). The average molecular weight is 263 g/mol. The number of rotatable bonds is 5. The van der Waals surface area contributed by atoms with Gasteiger partial charge in [-0.05, 0) is 31.5 Å². The monoisotopic (exact) mass is 263 g/mol. The van der Waals surface area contributed by atoms with E-state index >= 15 is 0 Å². The van der Waals surface area contributed by atoms with E-state index in [9.17, 15) is 4.79 Å². The van der Waals surface area contributed by atoms with Crippen molar-refractivity contribution in [3.05, 3.63) is 29.8 Å². The summed E-state index contributed by atoms with van der Waals surface area (Å²) in [4.78, 5) is 16.0. The number of nitrogens with two attached hydrogens (primary N) is 1. The van der Waals surface area contributed by atoms with E-state index < -0.39 is 5.41 Å². The predicted octanol–water partition coefficient (Wildman–Crippen LogP) is 1.70.